The van der Waals surface area contributed by atoms with E-state index in [4.69, 9.17) is 43.1 Å². The molecule has 3 aromatic rings. The molecule has 2 aliphatic rings. The molecule has 43 heavy (non-hydrogen) atoms. The molecule has 0 saturated carbocycles. The van der Waals surface area contributed by atoms with Gasteiger partial charge in [-0.1, -0.05) is 59.8 Å². The molecule has 2 fully saturated rings. The largest absolute Gasteiger partial charge is 0.495 e. The zero-order chi connectivity index (χ0) is 30.3. The van der Waals surface area contributed by atoms with Crippen LogP contribution in [0.25, 0.3) is 17.2 Å². The molecule has 2 aliphatic heterocycles. The maximum Gasteiger partial charge on any atom is 0.335 e. The smallest absolute Gasteiger partial charge is 0.335 e. The first-order valence-electron chi connectivity index (χ1n) is 13.8. The first-order valence-corrected chi connectivity index (χ1v) is 15.4. The molecule has 3 aromatic carbocycles. The van der Waals surface area contributed by atoms with Crippen molar-refractivity contribution in [3.8, 4) is 22.6 Å². The van der Waals surface area contributed by atoms with E-state index in [-0.39, 0.29) is 11.5 Å². The number of hydrogen-bond acceptors (Lipinski definition) is 8. The van der Waals surface area contributed by atoms with Crippen LogP contribution in [-0.2, 0) is 16.0 Å². The summed E-state index contributed by atoms with van der Waals surface area (Å²) in [5.74, 6) is 0.169. The number of carbonyl (C=O) groups is 2. The van der Waals surface area contributed by atoms with Gasteiger partial charge in [-0.15, -0.1) is 0 Å². The third-order valence-corrected chi connectivity index (χ3v) is 8.90. The standard InChI is InChI=1S/C32H31ClN2O6S2/c1-39-28-9-7-24(20-26(28)33)25-18-22(4-8-27(25)41-17-14-34-12-15-40-16-13-34)19-29-30(36)35(32(42)43-29)11-10-21-2-5-23(6-3-21)31(37)38/h2-9,18-20H,10-17H2,1H3,(H,37,38). The van der Waals surface area contributed by atoms with Gasteiger partial charge in [0.25, 0.3) is 5.91 Å². The number of methoxy groups -OCH3 is 1. The number of carboxylic acid groups (broad SMARTS) is 1. The van der Waals surface area contributed by atoms with Crippen molar-refractivity contribution in [2.45, 2.75) is 6.42 Å². The summed E-state index contributed by atoms with van der Waals surface area (Å²) >= 11 is 13.3. The summed E-state index contributed by atoms with van der Waals surface area (Å²) in [6, 6.07) is 18.1. The zero-order valence-corrected chi connectivity index (χ0v) is 26.0. The molecule has 2 saturated heterocycles. The van der Waals surface area contributed by atoms with Crippen LogP contribution in [0.5, 0.6) is 11.5 Å². The van der Waals surface area contributed by atoms with Crippen LogP contribution in [0.1, 0.15) is 21.5 Å². The Kier molecular flexibility index (Phi) is 10.4. The molecular formula is C32H31ClN2O6S2. The maximum absolute atomic E-state index is 13.3. The van der Waals surface area contributed by atoms with Crippen LogP contribution >= 0.6 is 35.6 Å². The maximum atomic E-state index is 13.3. The summed E-state index contributed by atoms with van der Waals surface area (Å²) in [4.78, 5) is 28.9. The number of carboxylic acids is 1. The minimum atomic E-state index is -0.973. The molecule has 1 N–H and O–H groups in total. The van der Waals surface area contributed by atoms with Gasteiger partial charge in [0.05, 0.1) is 35.8 Å². The monoisotopic (exact) mass is 638 g/mol. The zero-order valence-electron chi connectivity index (χ0n) is 23.6. The van der Waals surface area contributed by atoms with E-state index in [9.17, 15) is 9.59 Å². The highest BCUT2D eigenvalue weighted by atomic mass is 35.5. The van der Waals surface area contributed by atoms with Crippen molar-refractivity contribution in [2.24, 2.45) is 0 Å². The van der Waals surface area contributed by atoms with E-state index in [2.05, 4.69) is 4.90 Å². The van der Waals surface area contributed by atoms with Gasteiger partial charge >= 0.3 is 5.97 Å². The van der Waals surface area contributed by atoms with Crippen LogP contribution in [0.3, 0.4) is 0 Å². The quantitative estimate of drug-likeness (QED) is 0.205. The minimum Gasteiger partial charge on any atom is -0.495 e. The number of ether oxygens (including phenoxy) is 3. The highest BCUT2D eigenvalue weighted by Gasteiger charge is 2.31. The molecule has 0 spiro atoms. The van der Waals surface area contributed by atoms with Crippen molar-refractivity contribution < 1.29 is 28.9 Å². The van der Waals surface area contributed by atoms with Crippen molar-refractivity contribution in [1.82, 2.24) is 9.80 Å². The number of aromatic carboxylic acids is 1. The Morgan fingerprint density at radius 1 is 1.07 bits per heavy atom. The Morgan fingerprint density at radius 3 is 2.51 bits per heavy atom. The molecular weight excluding hydrogens is 608 g/mol. The third kappa shape index (κ3) is 7.76. The molecule has 0 aromatic heterocycles. The Labute approximate surface area is 265 Å². The summed E-state index contributed by atoms with van der Waals surface area (Å²) in [7, 11) is 1.58. The molecule has 224 valence electrons. The molecule has 1 amide bonds. The minimum absolute atomic E-state index is 0.156. The van der Waals surface area contributed by atoms with Crippen LogP contribution in [0.4, 0.5) is 0 Å². The molecule has 0 unspecified atom stereocenters. The van der Waals surface area contributed by atoms with Crippen molar-refractivity contribution in [2.75, 3.05) is 53.1 Å². The van der Waals surface area contributed by atoms with E-state index in [1.807, 2.05) is 42.5 Å². The second-order valence-corrected chi connectivity index (χ2v) is 12.1. The molecule has 0 atom stereocenters. The fourth-order valence-electron chi connectivity index (χ4n) is 4.83. The Balaban J connectivity index is 1.33. The molecule has 5 rings (SSSR count). The number of carbonyl (C=O) groups excluding carboxylic acids is 1. The third-order valence-electron chi connectivity index (χ3n) is 7.23. The van der Waals surface area contributed by atoms with E-state index in [0.29, 0.717) is 45.3 Å². The first kappa shape index (κ1) is 31.0. The Bertz CT molecular complexity index is 1540. The van der Waals surface area contributed by atoms with E-state index in [0.717, 1.165) is 55.1 Å². The topological polar surface area (TPSA) is 88.5 Å². The summed E-state index contributed by atoms with van der Waals surface area (Å²) in [5, 5.41) is 9.60. The first-order chi connectivity index (χ1) is 20.8. The Morgan fingerprint density at radius 2 is 1.81 bits per heavy atom. The number of nitrogens with zero attached hydrogens (tertiary/aromatic N) is 2. The molecule has 11 heteroatoms. The second kappa shape index (κ2) is 14.4. The number of hydrogen-bond donors (Lipinski definition) is 1. The fourth-order valence-corrected chi connectivity index (χ4v) is 6.40. The average Bonchev–Trinajstić information content (AvgIpc) is 3.28. The number of thiocarbonyl (C=S) groups is 1. The van der Waals surface area contributed by atoms with Crippen LogP contribution < -0.4 is 9.47 Å². The van der Waals surface area contributed by atoms with Gasteiger partial charge in [-0.2, -0.15) is 0 Å². The molecule has 2 heterocycles. The number of halogens is 1. The lowest BCUT2D eigenvalue weighted by Gasteiger charge is -2.26. The van der Waals surface area contributed by atoms with Crippen LogP contribution in [0.2, 0.25) is 5.02 Å². The molecule has 0 radical (unpaired) electrons. The highest BCUT2D eigenvalue weighted by molar-refractivity contribution is 8.26. The molecule has 8 nitrogen and oxygen atoms in total. The van der Waals surface area contributed by atoms with Gasteiger partial charge in [-0.25, -0.2) is 4.79 Å². The lowest BCUT2D eigenvalue weighted by Crippen LogP contribution is -2.38. The van der Waals surface area contributed by atoms with Crippen LogP contribution in [-0.4, -0.2) is 84.2 Å². The summed E-state index contributed by atoms with van der Waals surface area (Å²) in [6.45, 7) is 4.96. The van der Waals surface area contributed by atoms with E-state index >= 15 is 0 Å². The van der Waals surface area contributed by atoms with Crippen LogP contribution in [0, 0.1) is 0 Å². The van der Waals surface area contributed by atoms with Crippen molar-refractivity contribution in [3.05, 3.63) is 87.3 Å². The van der Waals surface area contributed by atoms with Crippen molar-refractivity contribution >= 4 is 57.9 Å². The van der Waals surface area contributed by atoms with Gasteiger partial charge in [-0.05, 0) is 65.6 Å². The van der Waals surface area contributed by atoms with Gasteiger partial charge in [-0.3, -0.25) is 14.6 Å². The summed E-state index contributed by atoms with van der Waals surface area (Å²) in [6.07, 6.45) is 2.39. The van der Waals surface area contributed by atoms with Crippen LogP contribution in [0.15, 0.2) is 65.6 Å². The highest BCUT2D eigenvalue weighted by Crippen LogP contribution is 2.38. The number of morpholine rings is 1. The summed E-state index contributed by atoms with van der Waals surface area (Å²) < 4.78 is 17.5. The van der Waals surface area contributed by atoms with Gasteiger partial charge in [0, 0.05) is 31.7 Å². The number of rotatable bonds is 11. The van der Waals surface area contributed by atoms with Gasteiger partial charge in [0.1, 0.15) is 22.4 Å². The number of amides is 1. The molecule has 0 aliphatic carbocycles. The summed E-state index contributed by atoms with van der Waals surface area (Å²) in [5.41, 5.74) is 3.69. The van der Waals surface area contributed by atoms with E-state index < -0.39 is 5.97 Å². The van der Waals surface area contributed by atoms with Crippen molar-refractivity contribution in [1.29, 1.82) is 0 Å². The lowest BCUT2D eigenvalue weighted by atomic mass is 10.0. The van der Waals surface area contributed by atoms with Crippen molar-refractivity contribution in [3.63, 3.8) is 0 Å². The SMILES string of the molecule is COc1ccc(-c2cc(C=C3SC(=S)N(CCc4ccc(C(=O)O)cc4)C3=O)ccc2OCCN2CCOCC2)cc1Cl. The van der Waals surface area contributed by atoms with E-state index in [1.54, 1.807) is 36.3 Å². The average molecular weight is 639 g/mol. The Hall–Kier alpha value is -3.41. The van der Waals surface area contributed by atoms with E-state index in [1.165, 1.54) is 11.8 Å². The lowest BCUT2D eigenvalue weighted by molar-refractivity contribution is -0.122. The van der Waals surface area contributed by atoms with Gasteiger partial charge in [0.2, 0.25) is 0 Å². The predicted molar refractivity (Wildman–Crippen MR) is 173 cm³/mol. The second-order valence-electron chi connectivity index (χ2n) is 9.99. The van der Waals surface area contributed by atoms with Gasteiger partial charge in [0.15, 0.2) is 0 Å². The fraction of sp³-hybridized carbons (Fsp3) is 0.281. The number of thioether (sulfide) groups is 1. The number of benzene rings is 3. The molecule has 0 bridgehead atoms. The normalized spacial score (nSPS) is 16.6. The predicted octanol–water partition coefficient (Wildman–Crippen LogP) is 5.87. The van der Waals surface area contributed by atoms with Gasteiger partial charge < -0.3 is 19.3 Å².